The van der Waals surface area contributed by atoms with E-state index in [1.54, 1.807) is 30.3 Å². The maximum absolute atomic E-state index is 12.2. The lowest BCUT2D eigenvalue weighted by Gasteiger charge is -2.20. The number of carbonyl (C=O) groups excluding carboxylic acids is 3. The Morgan fingerprint density at radius 2 is 2.04 bits per heavy atom. The lowest BCUT2D eigenvalue weighted by atomic mass is 10.2. The van der Waals surface area contributed by atoms with E-state index in [2.05, 4.69) is 0 Å². The topological polar surface area (TPSA) is 72.9 Å². The summed E-state index contributed by atoms with van der Waals surface area (Å²) in [5, 5.41) is 0. The number of thiophene rings is 1. The maximum atomic E-state index is 12.2. The third kappa shape index (κ3) is 4.06. The van der Waals surface area contributed by atoms with Crippen LogP contribution >= 0.6 is 11.3 Å². The van der Waals surface area contributed by atoms with E-state index < -0.39 is 5.97 Å². The van der Waals surface area contributed by atoms with Crippen molar-refractivity contribution in [3.8, 4) is 5.75 Å². The Bertz CT molecular complexity index is 813. The van der Waals surface area contributed by atoms with Gasteiger partial charge in [0.15, 0.2) is 6.61 Å². The van der Waals surface area contributed by atoms with Crippen molar-refractivity contribution in [1.82, 2.24) is 0 Å². The summed E-state index contributed by atoms with van der Waals surface area (Å²) in [4.78, 5) is 39.3. The van der Waals surface area contributed by atoms with Gasteiger partial charge in [-0.05, 0) is 31.2 Å². The van der Waals surface area contributed by atoms with Gasteiger partial charge >= 0.3 is 5.97 Å². The fourth-order valence-corrected chi connectivity index (χ4v) is 3.26. The number of Topliss-reactive ketones (excluding diaryl/α,β-unsaturated/α-hetero) is 1. The molecule has 0 unspecified atom stereocenters. The van der Waals surface area contributed by atoms with Crippen LogP contribution in [-0.2, 0) is 14.3 Å². The van der Waals surface area contributed by atoms with Crippen molar-refractivity contribution in [3.63, 3.8) is 0 Å². The number of anilines is 1. The number of para-hydroxylation sites is 2. The fourth-order valence-electron chi connectivity index (χ4n) is 2.47. The van der Waals surface area contributed by atoms with Crippen LogP contribution in [0.2, 0.25) is 0 Å². The van der Waals surface area contributed by atoms with Crippen LogP contribution in [0.5, 0.6) is 5.75 Å². The number of hydrogen-bond acceptors (Lipinski definition) is 6. The molecule has 7 heteroatoms. The normalized spacial score (nSPS) is 13.6. The molecule has 0 saturated heterocycles. The molecular weight excluding hydrogens is 342 g/mol. The lowest BCUT2D eigenvalue weighted by Crippen LogP contribution is -2.36. The third-order valence-electron chi connectivity index (χ3n) is 3.70. The Morgan fingerprint density at radius 3 is 2.80 bits per heavy atom. The van der Waals surface area contributed by atoms with Gasteiger partial charge in [-0.25, -0.2) is 0 Å². The van der Waals surface area contributed by atoms with E-state index in [0.29, 0.717) is 16.3 Å². The van der Waals surface area contributed by atoms with Gasteiger partial charge < -0.3 is 9.47 Å². The number of ketones is 1. The highest BCUT2D eigenvalue weighted by Crippen LogP contribution is 2.30. The molecular formula is C18H17NO5S. The molecule has 3 rings (SSSR count). The van der Waals surface area contributed by atoms with Crippen molar-refractivity contribution in [2.45, 2.75) is 13.3 Å². The number of rotatable bonds is 5. The average molecular weight is 359 g/mol. The number of nitrogens with zero attached hydrogens (tertiary/aromatic N) is 1. The van der Waals surface area contributed by atoms with E-state index in [1.165, 1.54) is 16.2 Å². The van der Waals surface area contributed by atoms with Gasteiger partial charge in [-0.3, -0.25) is 19.3 Å². The predicted molar refractivity (Wildman–Crippen MR) is 93.3 cm³/mol. The summed E-state index contributed by atoms with van der Waals surface area (Å²) in [5.74, 6) is -0.558. The molecule has 1 aromatic carbocycles. The molecule has 0 N–H and O–H groups in total. The van der Waals surface area contributed by atoms with E-state index in [4.69, 9.17) is 9.47 Å². The number of amides is 1. The van der Waals surface area contributed by atoms with E-state index in [9.17, 15) is 14.4 Å². The average Bonchev–Trinajstić information content (AvgIpc) is 2.98. The number of fused-ring (bicyclic) bond motifs is 1. The molecule has 0 fully saturated rings. The van der Waals surface area contributed by atoms with Crippen LogP contribution in [0.4, 0.5) is 5.69 Å². The lowest BCUT2D eigenvalue weighted by molar-refractivity contribution is -0.141. The second-order valence-electron chi connectivity index (χ2n) is 5.54. The summed E-state index contributed by atoms with van der Waals surface area (Å²) in [6.45, 7) is 1.57. The van der Waals surface area contributed by atoms with Crippen molar-refractivity contribution >= 4 is 34.7 Å². The number of hydrogen-bond donors (Lipinski definition) is 0. The quantitative estimate of drug-likeness (QED) is 0.606. The van der Waals surface area contributed by atoms with Crippen LogP contribution in [0.1, 0.15) is 21.0 Å². The van der Waals surface area contributed by atoms with Crippen molar-refractivity contribution in [2.24, 2.45) is 0 Å². The van der Waals surface area contributed by atoms with Crippen molar-refractivity contribution in [3.05, 3.63) is 46.2 Å². The Kier molecular flexibility index (Phi) is 5.14. The Balaban J connectivity index is 1.64. The van der Waals surface area contributed by atoms with Gasteiger partial charge in [-0.15, -0.1) is 11.3 Å². The molecule has 2 heterocycles. The van der Waals surface area contributed by atoms with Crippen LogP contribution in [0.25, 0.3) is 0 Å². The number of benzene rings is 1. The van der Waals surface area contributed by atoms with E-state index >= 15 is 0 Å². The molecule has 1 amide bonds. The standard InChI is InChI=1S/C18H17NO5S/c1-12-6-7-16(25-12)14(20)11-24-18(22)10-19-13-4-2-3-5-15(13)23-9-8-17(19)21/h2-7H,8-11H2,1H3. The van der Waals surface area contributed by atoms with E-state index in [0.717, 1.165) is 4.88 Å². The molecule has 0 radical (unpaired) electrons. The highest BCUT2D eigenvalue weighted by atomic mass is 32.1. The van der Waals surface area contributed by atoms with Gasteiger partial charge in [0.2, 0.25) is 11.7 Å². The largest absolute Gasteiger partial charge is 0.491 e. The predicted octanol–water partition coefficient (Wildman–Crippen LogP) is 2.60. The molecule has 25 heavy (non-hydrogen) atoms. The van der Waals surface area contributed by atoms with Gasteiger partial charge in [-0.1, -0.05) is 12.1 Å². The molecule has 1 aliphatic rings. The summed E-state index contributed by atoms with van der Waals surface area (Å²) in [5.41, 5.74) is 0.530. The van der Waals surface area contributed by atoms with Gasteiger partial charge in [0.25, 0.3) is 0 Å². The smallest absolute Gasteiger partial charge is 0.326 e. The van der Waals surface area contributed by atoms with E-state index in [-0.39, 0.29) is 37.9 Å². The van der Waals surface area contributed by atoms with Crippen LogP contribution in [0.15, 0.2) is 36.4 Å². The number of aryl methyl sites for hydroxylation is 1. The first-order valence-corrected chi connectivity index (χ1v) is 8.63. The molecule has 2 aromatic rings. The highest BCUT2D eigenvalue weighted by Gasteiger charge is 2.26. The summed E-state index contributed by atoms with van der Waals surface area (Å²) in [6, 6.07) is 10.6. The van der Waals surface area contributed by atoms with Gasteiger partial charge in [0, 0.05) is 4.88 Å². The molecule has 0 saturated carbocycles. The van der Waals surface area contributed by atoms with Crippen LogP contribution < -0.4 is 9.64 Å². The minimum absolute atomic E-state index is 0.176. The second-order valence-corrected chi connectivity index (χ2v) is 6.83. The minimum Gasteiger partial charge on any atom is -0.491 e. The first-order chi connectivity index (χ1) is 12.0. The first kappa shape index (κ1) is 17.2. The monoisotopic (exact) mass is 359 g/mol. The molecule has 0 atom stereocenters. The zero-order chi connectivity index (χ0) is 17.8. The number of esters is 1. The summed E-state index contributed by atoms with van der Waals surface area (Å²) >= 11 is 1.36. The molecule has 0 spiro atoms. The van der Waals surface area contributed by atoms with Crippen molar-refractivity contribution in [2.75, 3.05) is 24.7 Å². The Morgan fingerprint density at radius 1 is 1.24 bits per heavy atom. The first-order valence-electron chi connectivity index (χ1n) is 7.82. The summed E-state index contributed by atoms with van der Waals surface area (Å²) in [6.07, 6.45) is 0.176. The third-order valence-corrected chi connectivity index (χ3v) is 4.74. The zero-order valence-electron chi connectivity index (χ0n) is 13.7. The molecule has 0 bridgehead atoms. The van der Waals surface area contributed by atoms with Crippen LogP contribution in [0, 0.1) is 6.92 Å². The number of carbonyl (C=O) groups is 3. The van der Waals surface area contributed by atoms with Crippen LogP contribution in [0.3, 0.4) is 0 Å². The Hall–Kier alpha value is -2.67. The summed E-state index contributed by atoms with van der Waals surface area (Å²) in [7, 11) is 0. The van der Waals surface area contributed by atoms with Gasteiger partial charge in [-0.2, -0.15) is 0 Å². The van der Waals surface area contributed by atoms with E-state index in [1.807, 2.05) is 13.0 Å². The number of ether oxygens (including phenoxy) is 2. The summed E-state index contributed by atoms with van der Waals surface area (Å²) < 4.78 is 10.6. The highest BCUT2D eigenvalue weighted by molar-refractivity contribution is 7.14. The van der Waals surface area contributed by atoms with Gasteiger partial charge in [0.05, 0.1) is 23.6 Å². The maximum Gasteiger partial charge on any atom is 0.326 e. The Labute approximate surface area is 149 Å². The van der Waals surface area contributed by atoms with Crippen molar-refractivity contribution < 1.29 is 23.9 Å². The van der Waals surface area contributed by atoms with Crippen LogP contribution in [-0.4, -0.2) is 37.4 Å². The second kappa shape index (κ2) is 7.48. The molecule has 6 nitrogen and oxygen atoms in total. The SMILES string of the molecule is Cc1ccc(C(=O)COC(=O)CN2C(=O)CCOc3ccccc32)s1. The minimum atomic E-state index is -0.633. The fraction of sp³-hybridized carbons (Fsp3) is 0.278. The molecule has 0 aliphatic carbocycles. The molecule has 130 valence electrons. The zero-order valence-corrected chi connectivity index (χ0v) is 14.5. The van der Waals surface area contributed by atoms with Crippen molar-refractivity contribution in [1.29, 1.82) is 0 Å². The molecule has 1 aliphatic heterocycles. The van der Waals surface area contributed by atoms with Gasteiger partial charge in [0.1, 0.15) is 12.3 Å². The molecule has 1 aromatic heterocycles.